The Hall–Kier alpha value is -3.49. The van der Waals surface area contributed by atoms with Gasteiger partial charge in [0, 0.05) is 38.4 Å². The van der Waals surface area contributed by atoms with E-state index in [2.05, 4.69) is 26.1 Å². The number of nitro groups is 1. The first-order chi connectivity index (χ1) is 15.4. The van der Waals surface area contributed by atoms with Gasteiger partial charge in [-0.05, 0) is 42.0 Å². The van der Waals surface area contributed by atoms with Gasteiger partial charge in [0.15, 0.2) is 0 Å². The fraction of sp³-hybridized carbons (Fsp3) is 0.0435. The molecule has 1 aliphatic heterocycles. The maximum atomic E-state index is 13.5. The molecule has 1 atom stereocenters. The van der Waals surface area contributed by atoms with Gasteiger partial charge in [-0.1, -0.05) is 51.8 Å². The molecule has 0 spiro atoms. The van der Waals surface area contributed by atoms with Crippen LogP contribution in [0.25, 0.3) is 11.3 Å². The summed E-state index contributed by atoms with van der Waals surface area (Å²) in [5.74, 6) is -0.269. The van der Waals surface area contributed by atoms with E-state index < -0.39 is 11.0 Å². The van der Waals surface area contributed by atoms with Gasteiger partial charge in [-0.3, -0.25) is 24.9 Å². The van der Waals surface area contributed by atoms with E-state index in [4.69, 9.17) is 11.6 Å². The Morgan fingerprint density at radius 1 is 1.06 bits per heavy atom. The first kappa shape index (κ1) is 20.4. The zero-order chi connectivity index (χ0) is 22.4. The van der Waals surface area contributed by atoms with Gasteiger partial charge in [0.25, 0.3) is 11.6 Å². The fourth-order valence-electron chi connectivity index (χ4n) is 3.97. The highest BCUT2D eigenvalue weighted by Gasteiger charge is 2.43. The highest BCUT2D eigenvalue weighted by molar-refractivity contribution is 9.10. The molecule has 7 nitrogen and oxygen atoms in total. The van der Waals surface area contributed by atoms with Gasteiger partial charge in [-0.25, -0.2) is 0 Å². The minimum Gasteiger partial charge on any atom is -0.295 e. The molecule has 0 radical (unpaired) electrons. The third-order valence-electron chi connectivity index (χ3n) is 5.39. The largest absolute Gasteiger partial charge is 0.295 e. The monoisotopic (exact) mass is 508 g/mol. The number of carbonyl (C=O) groups excluding carboxylic acids is 1. The summed E-state index contributed by atoms with van der Waals surface area (Å²) in [7, 11) is 0. The molecule has 1 amide bonds. The van der Waals surface area contributed by atoms with Crippen LogP contribution in [-0.2, 0) is 0 Å². The molecule has 0 aliphatic carbocycles. The van der Waals surface area contributed by atoms with Crippen molar-refractivity contribution in [2.75, 3.05) is 4.90 Å². The summed E-state index contributed by atoms with van der Waals surface area (Å²) in [5.41, 5.74) is 3.67. The van der Waals surface area contributed by atoms with E-state index in [-0.39, 0.29) is 11.6 Å². The van der Waals surface area contributed by atoms with Gasteiger partial charge in [-0.15, -0.1) is 0 Å². The Balaban J connectivity index is 1.73. The zero-order valence-electron chi connectivity index (χ0n) is 16.3. The zero-order valence-corrected chi connectivity index (χ0v) is 18.7. The average Bonchev–Trinajstić information content (AvgIpc) is 3.34. The van der Waals surface area contributed by atoms with E-state index in [1.54, 1.807) is 41.3 Å². The topological polar surface area (TPSA) is 92.1 Å². The summed E-state index contributed by atoms with van der Waals surface area (Å²) in [6, 6.07) is 20.2. The number of aromatic nitrogens is 2. The summed E-state index contributed by atoms with van der Waals surface area (Å²) < 4.78 is 0.919. The van der Waals surface area contributed by atoms with Gasteiger partial charge in [0.05, 0.1) is 16.7 Å². The van der Waals surface area contributed by atoms with Crippen LogP contribution in [0, 0.1) is 10.1 Å². The highest BCUT2D eigenvalue weighted by Crippen LogP contribution is 2.45. The van der Waals surface area contributed by atoms with E-state index in [0.29, 0.717) is 33.2 Å². The van der Waals surface area contributed by atoms with Gasteiger partial charge >= 0.3 is 0 Å². The number of benzene rings is 3. The molecule has 0 fully saturated rings. The first-order valence-electron chi connectivity index (χ1n) is 9.61. The van der Waals surface area contributed by atoms with Crippen LogP contribution in [0.5, 0.6) is 0 Å². The lowest BCUT2D eigenvalue weighted by Crippen LogP contribution is -2.29. The Labute approximate surface area is 195 Å². The van der Waals surface area contributed by atoms with Crippen molar-refractivity contribution in [3.63, 3.8) is 0 Å². The van der Waals surface area contributed by atoms with Crippen molar-refractivity contribution in [2.45, 2.75) is 6.04 Å². The second-order valence-electron chi connectivity index (χ2n) is 7.27. The lowest BCUT2D eigenvalue weighted by molar-refractivity contribution is -0.384. The minimum absolute atomic E-state index is 0.0480. The number of anilines is 1. The fourth-order valence-corrected chi connectivity index (χ4v) is 4.36. The summed E-state index contributed by atoms with van der Waals surface area (Å²) in [6.07, 6.45) is 0. The first-order valence-corrected chi connectivity index (χ1v) is 10.8. The molecule has 0 bridgehead atoms. The summed E-state index contributed by atoms with van der Waals surface area (Å²) >= 11 is 9.48. The number of halogens is 2. The predicted octanol–water partition coefficient (Wildman–Crippen LogP) is 6.15. The van der Waals surface area contributed by atoms with Gasteiger partial charge in [0.2, 0.25) is 0 Å². The molecule has 0 saturated heterocycles. The molecule has 1 aliphatic rings. The number of rotatable bonds is 4. The van der Waals surface area contributed by atoms with Crippen LogP contribution in [0.4, 0.5) is 11.4 Å². The van der Waals surface area contributed by atoms with Gasteiger partial charge in [-0.2, -0.15) is 5.10 Å². The molecule has 0 saturated carbocycles. The maximum absolute atomic E-state index is 13.5. The van der Waals surface area contributed by atoms with Crippen molar-refractivity contribution < 1.29 is 9.72 Å². The molecule has 3 aromatic carbocycles. The average molecular weight is 510 g/mol. The van der Waals surface area contributed by atoms with Crippen molar-refractivity contribution >= 4 is 44.8 Å². The quantitative estimate of drug-likeness (QED) is 0.264. The number of fused-ring (bicyclic) bond motifs is 1. The Morgan fingerprint density at radius 2 is 1.78 bits per heavy atom. The van der Waals surface area contributed by atoms with Gasteiger partial charge in [0.1, 0.15) is 5.69 Å². The molecule has 2 heterocycles. The van der Waals surface area contributed by atoms with Crippen LogP contribution in [0.1, 0.15) is 27.7 Å². The normalized spacial score (nSPS) is 15.1. The van der Waals surface area contributed by atoms with Crippen LogP contribution in [0.15, 0.2) is 77.3 Å². The number of aromatic amines is 1. The molecule has 1 aromatic heterocycles. The summed E-state index contributed by atoms with van der Waals surface area (Å²) in [4.78, 5) is 26.1. The van der Waals surface area contributed by atoms with Crippen LogP contribution >= 0.6 is 27.5 Å². The number of hydrogen-bond donors (Lipinski definition) is 1. The SMILES string of the molecule is O=C1c2[nH]nc(-c3ccc(Br)cc3)c2C(c2cccc([N+](=O)[O-])c2)N1c1ccc(Cl)cc1. The number of amides is 1. The predicted molar refractivity (Wildman–Crippen MR) is 125 cm³/mol. The standard InChI is InChI=1S/C23H14BrClN4O3/c24-15-6-4-13(5-7-15)20-19-21(27-26-20)23(30)28(17-10-8-16(25)9-11-17)22(19)14-2-1-3-18(12-14)29(31)32/h1-12,22H,(H,26,27). The second kappa shape index (κ2) is 7.89. The molecule has 9 heteroatoms. The van der Waals surface area contributed by atoms with Crippen LogP contribution in [-0.4, -0.2) is 21.0 Å². The molecule has 1 unspecified atom stereocenters. The Kier molecular flexibility index (Phi) is 5.03. The van der Waals surface area contributed by atoms with Crippen molar-refractivity contribution in [3.8, 4) is 11.3 Å². The number of non-ortho nitro benzene ring substituents is 1. The van der Waals surface area contributed by atoms with Crippen molar-refractivity contribution in [3.05, 3.63) is 109 Å². The maximum Gasteiger partial charge on any atom is 0.277 e. The lowest BCUT2D eigenvalue weighted by atomic mass is 9.95. The van der Waals surface area contributed by atoms with Crippen molar-refractivity contribution in [1.29, 1.82) is 0 Å². The van der Waals surface area contributed by atoms with E-state index in [1.165, 1.54) is 12.1 Å². The summed E-state index contributed by atoms with van der Waals surface area (Å²) in [6.45, 7) is 0. The van der Waals surface area contributed by atoms with Crippen molar-refractivity contribution in [1.82, 2.24) is 10.2 Å². The molecular weight excluding hydrogens is 496 g/mol. The van der Waals surface area contributed by atoms with Crippen LogP contribution in [0.2, 0.25) is 5.02 Å². The molecule has 4 aromatic rings. The van der Waals surface area contributed by atoms with Gasteiger partial charge < -0.3 is 0 Å². The number of H-pyrrole nitrogens is 1. The smallest absolute Gasteiger partial charge is 0.277 e. The van der Waals surface area contributed by atoms with Crippen molar-refractivity contribution in [2.24, 2.45) is 0 Å². The number of nitrogens with zero attached hydrogens (tertiary/aromatic N) is 3. The molecular formula is C23H14BrClN4O3. The van der Waals surface area contributed by atoms with E-state index in [1.807, 2.05) is 24.3 Å². The Morgan fingerprint density at radius 3 is 2.47 bits per heavy atom. The van der Waals surface area contributed by atoms with Crippen LogP contribution in [0.3, 0.4) is 0 Å². The van der Waals surface area contributed by atoms with E-state index in [9.17, 15) is 14.9 Å². The number of nitro benzene ring substituents is 1. The number of nitrogens with one attached hydrogen (secondary N) is 1. The second-order valence-corrected chi connectivity index (χ2v) is 8.63. The minimum atomic E-state index is -0.601. The molecule has 32 heavy (non-hydrogen) atoms. The van der Waals surface area contributed by atoms with Crippen LogP contribution < -0.4 is 4.90 Å². The molecule has 5 rings (SSSR count). The summed E-state index contributed by atoms with van der Waals surface area (Å²) in [5, 5.41) is 19.3. The van der Waals surface area contributed by atoms with E-state index in [0.717, 1.165) is 10.0 Å². The van der Waals surface area contributed by atoms with E-state index >= 15 is 0 Å². The molecule has 1 N–H and O–H groups in total. The Bertz CT molecular complexity index is 1350. The molecule has 158 valence electrons. The third kappa shape index (κ3) is 3.37. The highest BCUT2D eigenvalue weighted by atomic mass is 79.9. The lowest BCUT2D eigenvalue weighted by Gasteiger charge is -2.26. The number of hydrogen-bond acceptors (Lipinski definition) is 4. The third-order valence-corrected chi connectivity index (χ3v) is 6.17. The number of carbonyl (C=O) groups is 1.